The molecule has 3 nitrogen and oxygen atoms in total. The highest BCUT2D eigenvalue weighted by Gasteiger charge is 2.41. The van der Waals surface area contributed by atoms with E-state index in [1.165, 1.54) is 0 Å². The van der Waals surface area contributed by atoms with Crippen molar-refractivity contribution < 1.29 is 9.90 Å². The lowest BCUT2D eigenvalue weighted by Gasteiger charge is -2.50. The summed E-state index contributed by atoms with van der Waals surface area (Å²) in [7, 11) is 0. The lowest BCUT2D eigenvalue weighted by molar-refractivity contribution is -0.139. The van der Waals surface area contributed by atoms with Crippen molar-refractivity contribution in [2.45, 2.75) is 58.0 Å². The Morgan fingerprint density at radius 1 is 1.55 bits per heavy atom. The first kappa shape index (κ1) is 15.2. The van der Waals surface area contributed by atoms with Crippen LogP contribution in [0.1, 0.15) is 52.0 Å². The van der Waals surface area contributed by atoms with Crippen LogP contribution in [0.15, 0.2) is 18.2 Å². The third-order valence-corrected chi connectivity index (χ3v) is 4.46. The lowest BCUT2D eigenvalue weighted by atomic mass is 9.79. The fourth-order valence-corrected chi connectivity index (χ4v) is 3.66. The smallest absolute Gasteiger partial charge is 0.326 e. The van der Waals surface area contributed by atoms with Crippen LogP contribution in [-0.4, -0.2) is 22.7 Å². The Hall–Kier alpha value is -1.22. The van der Waals surface area contributed by atoms with Gasteiger partial charge in [-0.25, -0.2) is 4.79 Å². The van der Waals surface area contributed by atoms with E-state index in [9.17, 15) is 9.90 Å². The molecule has 0 bridgehead atoms. The first-order chi connectivity index (χ1) is 9.27. The van der Waals surface area contributed by atoms with Gasteiger partial charge < -0.3 is 10.0 Å². The molecule has 2 rings (SSSR count). The number of fused-ring (bicyclic) bond motifs is 1. The predicted molar refractivity (Wildman–Crippen MR) is 82.8 cm³/mol. The minimum atomic E-state index is -0.768. The Morgan fingerprint density at radius 2 is 2.20 bits per heavy atom. The minimum absolute atomic E-state index is 0.181. The summed E-state index contributed by atoms with van der Waals surface area (Å²) in [5.41, 5.74) is 1.98. The van der Waals surface area contributed by atoms with Crippen LogP contribution in [-0.2, 0) is 4.79 Å². The van der Waals surface area contributed by atoms with E-state index < -0.39 is 12.0 Å². The molecule has 0 saturated heterocycles. The molecule has 1 aromatic rings. The molecule has 1 aliphatic heterocycles. The van der Waals surface area contributed by atoms with E-state index >= 15 is 0 Å². The number of carboxylic acid groups (broad SMARTS) is 1. The fraction of sp³-hybridized carbons (Fsp3) is 0.562. The summed E-state index contributed by atoms with van der Waals surface area (Å²) in [5, 5.41) is 10.2. The summed E-state index contributed by atoms with van der Waals surface area (Å²) in [5.74, 6) is -0.391. The van der Waals surface area contributed by atoms with Gasteiger partial charge in [0.05, 0.1) is 0 Å². The van der Waals surface area contributed by atoms with Crippen LogP contribution in [0.25, 0.3) is 0 Å². The number of carboxylic acids is 1. The van der Waals surface area contributed by atoms with E-state index in [-0.39, 0.29) is 5.54 Å². The van der Waals surface area contributed by atoms with Gasteiger partial charge in [-0.05, 0) is 56.4 Å². The molecule has 0 spiro atoms. The summed E-state index contributed by atoms with van der Waals surface area (Å²) in [6.07, 6.45) is 1.50. The molecule has 0 aliphatic carbocycles. The number of carbonyl (C=O) groups is 1. The molecule has 0 fully saturated rings. The maximum Gasteiger partial charge on any atom is 0.326 e. The SMILES string of the molecule is CC[C@H](C(=O)O)N1c2ccc(Cl)cc2[C@@H](C)CC1(C)C. The topological polar surface area (TPSA) is 40.5 Å². The molecule has 110 valence electrons. The number of rotatable bonds is 3. The van der Waals surface area contributed by atoms with Crippen molar-refractivity contribution in [1.82, 2.24) is 0 Å². The molecule has 0 amide bonds. The Kier molecular flexibility index (Phi) is 4.01. The molecule has 4 heteroatoms. The summed E-state index contributed by atoms with van der Waals surface area (Å²) in [6, 6.07) is 5.27. The van der Waals surface area contributed by atoms with Gasteiger partial charge in [0.1, 0.15) is 6.04 Å². The summed E-state index contributed by atoms with van der Waals surface area (Å²) < 4.78 is 0. The average Bonchev–Trinajstić information content (AvgIpc) is 2.33. The van der Waals surface area contributed by atoms with E-state index in [1.807, 2.05) is 25.1 Å². The van der Waals surface area contributed by atoms with Crippen LogP contribution >= 0.6 is 11.6 Å². The number of benzene rings is 1. The van der Waals surface area contributed by atoms with Gasteiger partial charge in [0.2, 0.25) is 0 Å². The number of nitrogens with zero attached hydrogens (tertiary/aromatic N) is 1. The Labute approximate surface area is 125 Å². The van der Waals surface area contributed by atoms with Gasteiger partial charge in [0.15, 0.2) is 0 Å². The number of anilines is 1. The molecule has 2 atom stereocenters. The van der Waals surface area contributed by atoms with Gasteiger partial charge in [-0.15, -0.1) is 0 Å². The first-order valence-electron chi connectivity index (χ1n) is 7.09. The third-order valence-electron chi connectivity index (χ3n) is 4.22. The van der Waals surface area contributed by atoms with E-state index in [0.29, 0.717) is 17.4 Å². The second kappa shape index (κ2) is 5.28. The molecule has 1 aliphatic rings. The van der Waals surface area contributed by atoms with E-state index in [1.54, 1.807) is 0 Å². The van der Waals surface area contributed by atoms with Crippen LogP contribution in [0, 0.1) is 0 Å². The molecule has 1 N–H and O–H groups in total. The third kappa shape index (κ3) is 2.51. The highest BCUT2D eigenvalue weighted by molar-refractivity contribution is 6.30. The average molecular weight is 296 g/mol. The maximum absolute atomic E-state index is 11.6. The molecular weight excluding hydrogens is 274 g/mol. The van der Waals surface area contributed by atoms with Crippen molar-refractivity contribution in [3.05, 3.63) is 28.8 Å². The zero-order valence-corrected chi connectivity index (χ0v) is 13.2. The standard InChI is InChI=1S/C16H22ClNO2/c1-5-13(15(19)20)18-14-7-6-11(17)8-12(14)10(2)9-16(18,3)4/h6-8,10,13H,5,9H2,1-4H3,(H,19,20)/t10-,13+/m0/s1. The van der Waals surface area contributed by atoms with Crippen molar-refractivity contribution in [2.24, 2.45) is 0 Å². The van der Waals surface area contributed by atoms with E-state index in [0.717, 1.165) is 17.7 Å². The largest absolute Gasteiger partial charge is 0.480 e. The number of halogens is 1. The van der Waals surface area contributed by atoms with Crippen LogP contribution < -0.4 is 4.90 Å². The van der Waals surface area contributed by atoms with Gasteiger partial charge >= 0.3 is 5.97 Å². The molecular formula is C16H22ClNO2. The van der Waals surface area contributed by atoms with Crippen LogP contribution in [0.2, 0.25) is 5.02 Å². The normalized spacial score (nSPS) is 22.2. The van der Waals surface area contributed by atoms with Crippen molar-refractivity contribution >= 4 is 23.3 Å². The molecule has 20 heavy (non-hydrogen) atoms. The Morgan fingerprint density at radius 3 is 2.75 bits per heavy atom. The lowest BCUT2D eigenvalue weighted by Crippen LogP contribution is -2.56. The van der Waals surface area contributed by atoms with E-state index in [4.69, 9.17) is 11.6 Å². The molecule has 0 unspecified atom stereocenters. The predicted octanol–water partition coefficient (Wildman–Crippen LogP) is 4.30. The van der Waals surface area contributed by atoms with Crippen molar-refractivity contribution in [3.63, 3.8) is 0 Å². The van der Waals surface area contributed by atoms with Crippen LogP contribution in [0.3, 0.4) is 0 Å². The van der Waals surface area contributed by atoms with Crippen molar-refractivity contribution in [2.75, 3.05) is 4.90 Å². The maximum atomic E-state index is 11.6. The minimum Gasteiger partial charge on any atom is -0.480 e. The highest BCUT2D eigenvalue weighted by atomic mass is 35.5. The van der Waals surface area contributed by atoms with Crippen molar-refractivity contribution in [1.29, 1.82) is 0 Å². The fourth-order valence-electron chi connectivity index (χ4n) is 3.48. The van der Waals surface area contributed by atoms with Gasteiger partial charge in [-0.2, -0.15) is 0 Å². The van der Waals surface area contributed by atoms with Crippen molar-refractivity contribution in [3.8, 4) is 0 Å². The van der Waals surface area contributed by atoms with Gasteiger partial charge in [-0.3, -0.25) is 0 Å². The van der Waals surface area contributed by atoms with Gasteiger partial charge in [0.25, 0.3) is 0 Å². The first-order valence-corrected chi connectivity index (χ1v) is 7.47. The van der Waals surface area contributed by atoms with Crippen LogP contribution in [0.5, 0.6) is 0 Å². The number of hydrogen-bond acceptors (Lipinski definition) is 2. The Bertz CT molecular complexity index is 527. The summed E-state index contributed by atoms with van der Waals surface area (Å²) in [6.45, 7) is 8.33. The summed E-state index contributed by atoms with van der Waals surface area (Å²) >= 11 is 6.10. The Balaban J connectivity index is 2.59. The second-order valence-electron chi connectivity index (χ2n) is 6.25. The summed E-state index contributed by atoms with van der Waals surface area (Å²) in [4.78, 5) is 13.7. The molecule has 0 aromatic heterocycles. The molecule has 0 saturated carbocycles. The molecule has 0 radical (unpaired) electrons. The quantitative estimate of drug-likeness (QED) is 0.904. The number of hydrogen-bond donors (Lipinski definition) is 1. The van der Waals surface area contributed by atoms with Gasteiger partial charge in [-0.1, -0.05) is 25.4 Å². The van der Waals surface area contributed by atoms with Crippen LogP contribution in [0.4, 0.5) is 5.69 Å². The highest BCUT2D eigenvalue weighted by Crippen LogP contribution is 2.45. The monoisotopic (exact) mass is 295 g/mol. The zero-order chi connectivity index (χ0) is 15.1. The molecule has 1 heterocycles. The zero-order valence-electron chi connectivity index (χ0n) is 12.5. The number of aliphatic carboxylic acids is 1. The van der Waals surface area contributed by atoms with E-state index in [2.05, 4.69) is 25.7 Å². The molecule has 1 aromatic carbocycles. The second-order valence-corrected chi connectivity index (χ2v) is 6.69. The van der Waals surface area contributed by atoms with Gasteiger partial charge in [0, 0.05) is 16.2 Å².